The van der Waals surface area contributed by atoms with E-state index in [0.717, 1.165) is 46.1 Å². The molecular formula is C26H35N5OS. The normalized spacial score (nSPS) is 17.1. The van der Waals surface area contributed by atoms with Crippen LogP contribution in [0.4, 0.5) is 5.69 Å². The van der Waals surface area contributed by atoms with E-state index >= 15 is 0 Å². The molecule has 2 heterocycles. The number of nitrogens with one attached hydrogen (secondary N) is 2. The molecule has 7 heteroatoms. The number of thiophene rings is 1. The standard InChI is InChI=1S/C26H35N5OS/c1-5-7-8-9-11-19(3)16-22(27)17-29-26-24-23(21(18-33-24)12-10-15-32)30-25(31-26)20(4)13-14-28-6-2/h7-9,11,13-14,18,22,26,29,32H,3,5-6,15-17,27H2,1-2,4H3,(H,30,31)/b8-7-,11-9-,20-13+,28-14-. The summed E-state index contributed by atoms with van der Waals surface area (Å²) in [6, 6.07) is -0.0770. The summed E-state index contributed by atoms with van der Waals surface area (Å²) in [7, 11) is 0. The lowest BCUT2D eigenvalue weighted by molar-refractivity contribution is 0.350. The van der Waals surface area contributed by atoms with Crippen molar-refractivity contribution in [2.45, 2.75) is 45.8 Å². The van der Waals surface area contributed by atoms with Crippen molar-refractivity contribution in [1.29, 1.82) is 0 Å². The van der Waals surface area contributed by atoms with Gasteiger partial charge >= 0.3 is 0 Å². The molecule has 1 aromatic heterocycles. The maximum Gasteiger partial charge on any atom is 0.131 e. The van der Waals surface area contributed by atoms with Crippen molar-refractivity contribution in [3.63, 3.8) is 0 Å². The second-order valence-corrected chi connectivity index (χ2v) is 8.49. The van der Waals surface area contributed by atoms with Crippen molar-refractivity contribution in [2.75, 3.05) is 19.7 Å². The van der Waals surface area contributed by atoms with E-state index in [4.69, 9.17) is 15.8 Å². The fourth-order valence-corrected chi connectivity index (χ4v) is 4.06. The van der Waals surface area contributed by atoms with Gasteiger partial charge in [-0.3, -0.25) is 10.3 Å². The van der Waals surface area contributed by atoms with E-state index in [1.54, 1.807) is 17.6 Å². The van der Waals surface area contributed by atoms with Crippen LogP contribution in [0.3, 0.4) is 0 Å². The van der Waals surface area contributed by atoms with Crippen LogP contribution < -0.4 is 16.4 Å². The Morgan fingerprint density at radius 3 is 3.00 bits per heavy atom. The molecule has 0 saturated carbocycles. The van der Waals surface area contributed by atoms with Crippen LogP contribution in [-0.2, 0) is 0 Å². The predicted molar refractivity (Wildman–Crippen MR) is 142 cm³/mol. The SMILES string of the molecule is C=C(/C=C\C=C/CC)CC(N)CNC1NC(/C(C)=C/C=N\CC)=Nc2c(C#CCO)csc21. The summed E-state index contributed by atoms with van der Waals surface area (Å²) in [5, 5.41) is 18.1. The number of nitrogens with two attached hydrogens (primary N) is 1. The Balaban J connectivity index is 2.14. The number of aliphatic imine (C=N–C) groups is 2. The summed E-state index contributed by atoms with van der Waals surface area (Å²) < 4.78 is 0. The van der Waals surface area contributed by atoms with Gasteiger partial charge in [0.05, 0.1) is 16.1 Å². The smallest absolute Gasteiger partial charge is 0.131 e. The molecule has 176 valence electrons. The monoisotopic (exact) mass is 465 g/mol. The zero-order valence-electron chi connectivity index (χ0n) is 19.8. The predicted octanol–water partition coefficient (Wildman–Crippen LogP) is 4.15. The summed E-state index contributed by atoms with van der Waals surface area (Å²) in [5.74, 6) is 6.49. The largest absolute Gasteiger partial charge is 0.384 e. The number of aliphatic hydroxyl groups excluding tert-OH is 1. The van der Waals surface area contributed by atoms with Crippen molar-refractivity contribution in [3.8, 4) is 11.8 Å². The minimum absolute atomic E-state index is 0.0770. The Labute approximate surface area is 201 Å². The first-order valence-corrected chi connectivity index (χ1v) is 12.1. The molecule has 0 bridgehead atoms. The first-order valence-electron chi connectivity index (χ1n) is 11.2. The molecule has 0 saturated heterocycles. The van der Waals surface area contributed by atoms with E-state index in [1.807, 2.05) is 43.5 Å². The van der Waals surface area contributed by atoms with Gasteiger partial charge in [-0.2, -0.15) is 0 Å². The molecule has 0 spiro atoms. The molecule has 0 fully saturated rings. The van der Waals surface area contributed by atoms with Gasteiger partial charge in [-0.05, 0) is 38.3 Å². The number of fused-ring (bicyclic) bond motifs is 1. The van der Waals surface area contributed by atoms with Crippen molar-refractivity contribution >= 4 is 29.1 Å². The van der Waals surface area contributed by atoms with Gasteiger partial charge in [-0.15, -0.1) is 11.3 Å². The molecule has 0 amide bonds. The highest BCUT2D eigenvalue weighted by Gasteiger charge is 2.26. The topological polar surface area (TPSA) is 95.0 Å². The second-order valence-electron chi connectivity index (χ2n) is 7.58. The summed E-state index contributed by atoms with van der Waals surface area (Å²) in [6.45, 7) is 11.4. The summed E-state index contributed by atoms with van der Waals surface area (Å²) in [4.78, 5) is 10.1. The number of rotatable bonds is 11. The van der Waals surface area contributed by atoms with Crippen LogP contribution in [0.25, 0.3) is 0 Å². The summed E-state index contributed by atoms with van der Waals surface area (Å²) in [6.07, 6.45) is 13.4. The molecule has 33 heavy (non-hydrogen) atoms. The average molecular weight is 466 g/mol. The van der Waals surface area contributed by atoms with Crippen LogP contribution in [0.5, 0.6) is 0 Å². The lowest BCUT2D eigenvalue weighted by Gasteiger charge is -2.27. The van der Waals surface area contributed by atoms with Crippen LogP contribution in [0.1, 0.15) is 50.2 Å². The Morgan fingerprint density at radius 2 is 2.27 bits per heavy atom. The number of aliphatic hydroxyl groups is 1. The maximum absolute atomic E-state index is 9.10. The fourth-order valence-electron chi connectivity index (χ4n) is 3.10. The quantitative estimate of drug-likeness (QED) is 0.224. The molecule has 0 radical (unpaired) electrons. The van der Waals surface area contributed by atoms with Crippen molar-refractivity contribution in [2.24, 2.45) is 15.7 Å². The van der Waals surface area contributed by atoms with Crippen molar-refractivity contribution in [1.82, 2.24) is 10.6 Å². The molecule has 5 N–H and O–H groups in total. The van der Waals surface area contributed by atoms with Gasteiger partial charge in [0.2, 0.25) is 0 Å². The van der Waals surface area contributed by atoms with Crippen LogP contribution >= 0.6 is 11.3 Å². The van der Waals surface area contributed by atoms with Crippen LogP contribution in [0.15, 0.2) is 63.5 Å². The van der Waals surface area contributed by atoms with Crippen molar-refractivity contribution in [3.05, 3.63) is 63.9 Å². The molecule has 6 nitrogen and oxygen atoms in total. The van der Waals surface area contributed by atoms with Gasteiger partial charge in [0.25, 0.3) is 0 Å². The Hall–Kier alpha value is -2.76. The number of nitrogens with zero attached hydrogens (tertiary/aromatic N) is 2. The van der Waals surface area contributed by atoms with Gasteiger partial charge in [-0.25, -0.2) is 4.99 Å². The number of hydrogen-bond acceptors (Lipinski definition) is 7. The Bertz CT molecular complexity index is 1000. The molecule has 1 aliphatic rings. The zero-order valence-corrected chi connectivity index (χ0v) is 20.6. The first-order chi connectivity index (χ1) is 16.0. The van der Waals surface area contributed by atoms with E-state index in [0.29, 0.717) is 13.0 Å². The minimum atomic E-state index is -0.186. The van der Waals surface area contributed by atoms with E-state index in [2.05, 4.69) is 47.0 Å². The highest BCUT2D eigenvalue weighted by molar-refractivity contribution is 7.10. The minimum Gasteiger partial charge on any atom is -0.384 e. The van der Waals surface area contributed by atoms with Crippen LogP contribution in [-0.4, -0.2) is 42.9 Å². The third-order valence-corrected chi connectivity index (χ3v) is 5.81. The summed E-state index contributed by atoms with van der Waals surface area (Å²) in [5.41, 5.74) is 9.99. The number of allylic oxidation sites excluding steroid dienone is 5. The number of hydrogen-bond donors (Lipinski definition) is 4. The molecule has 2 unspecified atom stereocenters. The Morgan fingerprint density at radius 1 is 1.45 bits per heavy atom. The van der Waals surface area contributed by atoms with Gasteiger partial charge in [-0.1, -0.05) is 55.2 Å². The van der Waals surface area contributed by atoms with E-state index in [9.17, 15) is 0 Å². The molecule has 2 atom stereocenters. The summed E-state index contributed by atoms with van der Waals surface area (Å²) >= 11 is 1.59. The highest BCUT2D eigenvalue weighted by Crippen LogP contribution is 2.37. The fraction of sp³-hybridized carbons (Fsp3) is 0.385. The highest BCUT2D eigenvalue weighted by atomic mass is 32.1. The molecule has 1 aliphatic heterocycles. The molecule has 2 rings (SSSR count). The van der Waals surface area contributed by atoms with Crippen molar-refractivity contribution < 1.29 is 5.11 Å². The van der Waals surface area contributed by atoms with Crippen LogP contribution in [0.2, 0.25) is 0 Å². The maximum atomic E-state index is 9.10. The second kappa shape index (κ2) is 14.4. The van der Waals surface area contributed by atoms with Gasteiger partial charge in [0.15, 0.2) is 0 Å². The lowest BCUT2D eigenvalue weighted by atomic mass is 10.1. The molecule has 0 aliphatic carbocycles. The van der Waals surface area contributed by atoms with Crippen LogP contribution in [0, 0.1) is 11.8 Å². The molecule has 1 aromatic rings. The van der Waals surface area contributed by atoms with Gasteiger partial charge < -0.3 is 16.2 Å². The lowest BCUT2D eigenvalue weighted by Crippen LogP contribution is -2.44. The Kier molecular flexibility index (Phi) is 11.6. The van der Waals surface area contributed by atoms with Gasteiger partial charge in [0.1, 0.15) is 18.6 Å². The first kappa shape index (κ1) is 26.5. The molecule has 0 aromatic carbocycles. The number of amidine groups is 1. The zero-order chi connectivity index (χ0) is 24.1. The average Bonchev–Trinajstić information content (AvgIpc) is 3.22. The third-order valence-electron chi connectivity index (χ3n) is 4.77. The van der Waals surface area contributed by atoms with Gasteiger partial charge in [0, 0.05) is 30.7 Å². The van der Waals surface area contributed by atoms with E-state index in [-0.39, 0.29) is 18.8 Å². The van der Waals surface area contributed by atoms with E-state index in [1.165, 1.54) is 0 Å². The third kappa shape index (κ3) is 8.60. The molecular weight excluding hydrogens is 430 g/mol. The van der Waals surface area contributed by atoms with E-state index < -0.39 is 0 Å².